The molecule has 86 valence electrons. The maximum atomic E-state index is 12.9. The average molecular weight is 241 g/mol. The van der Waals surface area contributed by atoms with Crippen LogP contribution in [0.15, 0.2) is 24.3 Å². The monoisotopic (exact) mass is 241 g/mol. The lowest BCUT2D eigenvalue weighted by Crippen LogP contribution is -2.41. The van der Waals surface area contributed by atoms with Crippen LogP contribution in [0.3, 0.4) is 0 Å². The smallest absolute Gasteiger partial charge is 0.254 e. The van der Waals surface area contributed by atoms with E-state index in [2.05, 4.69) is 0 Å². The predicted molar refractivity (Wildman–Crippen MR) is 60.2 cm³/mol. The molecule has 1 aromatic rings. The molecule has 0 radical (unpaired) electrons. The minimum atomic E-state index is -0.806. The van der Waals surface area contributed by atoms with Gasteiger partial charge in [-0.25, -0.2) is 4.39 Å². The van der Waals surface area contributed by atoms with E-state index in [1.54, 1.807) is 11.0 Å². The lowest BCUT2D eigenvalue weighted by atomic mass is 10.2. The molecule has 16 heavy (non-hydrogen) atoms. The normalized spacial score (nSPS) is 17.4. The fraction of sp³-hybridized carbons (Fsp3) is 0.364. The zero-order valence-corrected chi connectivity index (χ0v) is 9.50. The Kier molecular flexibility index (Phi) is 3.33. The van der Waals surface area contributed by atoms with Gasteiger partial charge >= 0.3 is 0 Å². The van der Waals surface area contributed by atoms with Crippen molar-refractivity contribution < 1.29 is 13.4 Å². The van der Waals surface area contributed by atoms with Gasteiger partial charge in [-0.3, -0.25) is 9.00 Å². The van der Waals surface area contributed by atoms with Crippen molar-refractivity contribution in [2.75, 3.05) is 24.6 Å². The molecule has 0 aliphatic carbocycles. The van der Waals surface area contributed by atoms with Crippen molar-refractivity contribution in [2.24, 2.45) is 0 Å². The van der Waals surface area contributed by atoms with E-state index < -0.39 is 16.6 Å². The van der Waals surface area contributed by atoms with Gasteiger partial charge in [-0.15, -0.1) is 0 Å². The molecule has 5 heteroatoms. The fourth-order valence-corrected chi connectivity index (χ4v) is 2.70. The molecule has 0 spiro atoms. The van der Waals surface area contributed by atoms with Crippen LogP contribution in [-0.4, -0.2) is 39.6 Å². The fourth-order valence-electron chi connectivity index (χ4n) is 1.65. The van der Waals surface area contributed by atoms with Crippen LogP contribution in [0.25, 0.3) is 0 Å². The highest BCUT2D eigenvalue weighted by molar-refractivity contribution is 7.85. The largest absolute Gasteiger partial charge is 0.337 e. The molecule has 1 aliphatic heterocycles. The predicted octanol–water partition coefficient (Wildman–Crippen LogP) is 1.03. The summed E-state index contributed by atoms with van der Waals surface area (Å²) in [6, 6.07) is 5.65. The summed E-state index contributed by atoms with van der Waals surface area (Å²) in [4.78, 5) is 13.5. The number of rotatable bonds is 1. The molecular weight excluding hydrogens is 229 g/mol. The van der Waals surface area contributed by atoms with Gasteiger partial charge in [0.25, 0.3) is 5.91 Å². The molecule has 0 bridgehead atoms. The van der Waals surface area contributed by atoms with Crippen LogP contribution < -0.4 is 0 Å². The van der Waals surface area contributed by atoms with Crippen LogP contribution in [0.1, 0.15) is 10.4 Å². The molecular formula is C11H12FNO2S. The first-order valence-corrected chi connectivity index (χ1v) is 6.55. The second kappa shape index (κ2) is 4.74. The maximum absolute atomic E-state index is 12.9. The van der Waals surface area contributed by atoms with Crippen molar-refractivity contribution in [3.05, 3.63) is 35.6 Å². The zero-order chi connectivity index (χ0) is 11.5. The third-order valence-corrected chi connectivity index (χ3v) is 3.81. The summed E-state index contributed by atoms with van der Waals surface area (Å²) in [7, 11) is -0.806. The molecule has 3 nitrogen and oxygen atoms in total. The summed E-state index contributed by atoms with van der Waals surface area (Å²) >= 11 is 0. The second-order valence-corrected chi connectivity index (χ2v) is 5.35. The lowest BCUT2D eigenvalue weighted by molar-refractivity contribution is 0.0771. The van der Waals surface area contributed by atoms with Gasteiger partial charge in [0.1, 0.15) is 5.82 Å². The van der Waals surface area contributed by atoms with Gasteiger partial charge in [0.15, 0.2) is 0 Å². The number of hydrogen-bond donors (Lipinski definition) is 0. The highest BCUT2D eigenvalue weighted by atomic mass is 32.2. The molecule has 2 rings (SSSR count). The topological polar surface area (TPSA) is 37.4 Å². The standard InChI is InChI=1S/C11H12FNO2S/c12-10-3-1-2-9(8-10)11(14)13-4-6-16(15)7-5-13/h1-3,8H,4-7H2. The van der Waals surface area contributed by atoms with E-state index in [1.165, 1.54) is 18.2 Å². The molecule has 1 fully saturated rings. The van der Waals surface area contributed by atoms with Crippen molar-refractivity contribution in [2.45, 2.75) is 0 Å². The first-order valence-electron chi connectivity index (χ1n) is 5.06. The van der Waals surface area contributed by atoms with Gasteiger partial charge in [-0.1, -0.05) is 6.07 Å². The molecule has 0 saturated carbocycles. The van der Waals surface area contributed by atoms with E-state index in [0.29, 0.717) is 30.2 Å². The molecule has 0 unspecified atom stereocenters. The Morgan fingerprint density at radius 1 is 1.31 bits per heavy atom. The van der Waals surface area contributed by atoms with Crippen LogP contribution in [0.2, 0.25) is 0 Å². The Morgan fingerprint density at radius 3 is 2.62 bits per heavy atom. The highest BCUT2D eigenvalue weighted by Crippen LogP contribution is 2.09. The number of carbonyl (C=O) groups excluding carboxylic acids is 1. The van der Waals surface area contributed by atoms with E-state index in [4.69, 9.17) is 0 Å². The molecule has 0 aromatic heterocycles. The molecule has 0 N–H and O–H groups in total. The van der Waals surface area contributed by atoms with Crippen molar-refractivity contribution in [1.82, 2.24) is 4.90 Å². The number of benzene rings is 1. The third kappa shape index (κ3) is 2.47. The first kappa shape index (κ1) is 11.3. The number of halogens is 1. The molecule has 1 saturated heterocycles. The molecule has 1 aliphatic rings. The van der Waals surface area contributed by atoms with Crippen LogP contribution in [-0.2, 0) is 10.8 Å². The quantitative estimate of drug-likeness (QED) is 0.736. The molecule has 1 aromatic carbocycles. The van der Waals surface area contributed by atoms with Gasteiger partial charge in [-0.2, -0.15) is 0 Å². The minimum absolute atomic E-state index is 0.184. The van der Waals surface area contributed by atoms with Crippen molar-refractivity contribution >= 4 is 16.7 Å². The number of nitrogens with zero attached hydrogens (tertiary/aromatic N) is 1. The van der Waals surface area contributed by atoms with Gasteiger partial charge in [0.05, 0.1) is 0 Å². The first-order chi connectivity index (χ1) is 7.66. The van der Waals surface area contributed by atoms with Crippen molar-refractivity contribution in [1.29, 1.82) is 0 Å². The van der Waals surface area contributed by atoms with E-state index in [1.807, 2.05) is 0 Å². The minimum Gasteiger partial charge on any atom is -0.337 e. The van der Waals surface area contributed by atoms with E-state index in [0.717, 1.165) is 0 Å². The molecule has 0 atom stereocenters. The third-order valence-electron chi connectivity index (χ3n) is 2.54. The number of carbonyl (C=O) groups is 1. The average Bonchev–Trinajstić information content (AvgIpc) is 2.29. The van der Waals surface area contributed by atoms with Crippen LogP contribution >= 0.6 is 0 Å². The Balaban J connectivity index is 2.10. The molecule has 1 heterocycles. The summed E-state index contributed by atoms with van der Waals surface area (Å²) in [5.74, 6) is 0.435. The van der Waals surface area contributed by atoms with Crippen LogP contribution in [0, 0.1) is 5.82 Å². The Bertz CT molecular complexity index is 426. The van der Waals surface area contributed by atoms with Gasteiger partial charge in [0, 0.05) is 41.0 Å². The van der Waals surface area contributed by atoms with Crippen molar-refractivity contribution in [3.8, 4) is 0 Å². The molecule has 1 amide bonds. The zero-order valence-electron chi connectivity index (χ0n) is 8.69. The lowest BCUT2D eigenvalue weighted by Gasteiger charge is -2.26. The van der Waals surface area contributed by atoms with Crippen molar-refractivity contribution in [3.63, 3.8) is 0 Å². The van der Waals surface area contributed by atoms with E-state index >= 15 is 0 Å². The summed E-state index contributed by atoms with van der Waals surface area (Å²) in [5.41, 5.74) is 0.354. The maximum Gasteiger partial charge on any atom is 0.254 e. The number of hydrogen-bond acceptors (Lipinski definition) is 2. The summed E-state index contributed by atoms with van der Waals surface area (Å²) < 4.78 is 24.1. The van der Waals surface area contributed by atoms with Gasteiger partial charge in [0.2, 0.25) is 0 Å². The highest BCUT2D eigenvalue weighted by Gasteiger charge is 2.21. The van der Waals surface area contributed by atoms with E-state index in [9.17, 15) is 13.4 Å². The summed E-state index contributed by atoms with van der Waals surface area (Å²) in [6.45, 7) is 0.976. The Morgan fingerprint density at radius 2 is 2.00 bits per heavy atom. The number of amides is 1. The van der Waals surface area contributed by atoms with Crippen LogP contribution in [0.4, 0.5) is 4.39 Å². The van der Waals surface area contributed by atoms with Gasteiger partial charge in [-0.05, 0) is 18.2 Å². The summed E-state index contributed by atoms with van der Waals surface area (Å²) in [5, 5.41) is 0. The SMILES string of the molecule is O=C(c1cccc(F)c1)N1CCS(=O)CC1. The summed E-state index contributed by atoms with van der Waals surface area (Å²) in [6.07, 6.45) is 0. The van der Waals surface area contributed by atoms with E-state index in [-0.39, 0.29) is 5.91 Å². The Hall–Kier alpha value is -1.23. The second-order valence-electron chi connectivity index (χ2n) is 3.65. The van der Waals surface area contributed by atoms with Gasteiger partial charge < -0.3 is 4.90 Å². The Labute approximate surface area is 95.7 Å². The van der Waals surface area contributed by atoms with Crippen LogP contribution in [0.5, 0.6) is 0 Å².